The monoisotopic (exact) mass is 161 g/mol. The molecule has 0 aromatic carbocycles. The summed E-state index contributed by atoms with van der Waals surface area (Å²) in [6.45, 7) is 1.87. The van der Waals surface area contributed by atoms with Crippen molar-refractivity contribution < 1.29 is 4.42 Å². The number of aromatic nitrogens is 3. The minimum absolute atomic E-state index is 0.506. The number of oxazole rings is 1. The van der Waals surface area contributed by atoms with Crippen LogP contribution in [0.3, 0.4) is 0 Å². The highest BCUT2D eigenvalue weighted by Crippen LogP contribution is 2.12. The molecule has 0 fully saturated rings. The van der Waals surface area contributed by atoms with Gasteiger partial charge in [0.05, 0.1) is 18.1 Å². The molecule has 2 aromatic rings. The molecule has 12 heavy (non-hydrogen) atoms. The van der Waals surface area contributed by atoms with Crippen LogP contribution in [0.15, 0.2) is 29.3 Å². The van der Waals surface area contributed by atoms with Gasteiger partial charge in [-0.3, -0.25) is 4.98 Å². The predicted molar refractivity (Wildman–Crippen MR) is 42.3 cm³/mol. The van der Waals surface area contributed by atoms with E-state index in [9.17, 15) is 0 Å². The van der Waals surface area contributed by atoms with E-state index >= 15 is 0 Å². The summed E-state index contributed by atoms with van der Waals surface area (Å²) < 4.78 is 5.06. The Kier molecular flexibility index (Phi) is 1.59. The molecular formula is C8H7N3O. The van der Waals surface area contributed by atoms with Crippen molar-refractivity contribution in [1.29, 1.82) is 0 Å². The highest BCUT2D eigenvalue weighted by molar-refractivity contribution is 5.44. The van der Waals surface area contributed by atoms with Crippen molar-refractivity contribution in [2.24, 2.45) is 0 Å². The minimum atomic E-state index is 0.506. The van der Waals surface area contributed by atoms with E-state index in [-0.39, 0.29) is 0 Å². The van der Waals surface area contributed by atoms with Crippen molar-refractivity contribution in [3.05, 3.63) is 30.5 Å². The number of hydrogen-bond donors (Lipinski definition) is 0. The maximum atomic E-state index is 5.06. The van der Waals surface area contributed by atoms with Crippen LogP contribution in [0.5, 0.6) is 0 Å². The molecule has 0 aliphatic carbocycles. The molecule has 0 saturated heterocycles. The first-order valence-electron chi connectivity index (χ1n) is 3.55. The van der Waals surface area contributed by atoms with Gasteiger partial charge in [-0.1, -0.05) is 0 Å². The molecule has 0 spiro atoms. The summed E-state index contributed by atoms with van der Waals surface area (Å²) in [4.78, 5) is 12.1. The molecule has 0 amide bonds. The van der Waals surface area contributed by atoms with Gasteiger partial charge < -0.3 is 4.42 Å². The number of rotatable bonds is 1. The standard InChI is InChI=1S/C8H7N3O/c1-6-4-9-5-7(11-6)8-10-2-3-12-8/h2-5H,1H3. The van der Waals surface area contributed by atoms with Gasteiger partial charge in [0, 0.05) is 6.20 Å². The average Bonchev–Trinajstić information content (AvgIpc) is 2.56. The fourth-order valence-electron chi connectivity index (χ4n) is 0.916. The van der Waals surface area contributed by atoms with Crippen molar-refractivity contribution in [1.82, 2.24) is 15.0 Å². The summed E-state index contributed by atoms with van der Waals surface area (Å²) in [7, 11) is 0. The first-order chi connectivity index (χ1) is 5.86. The first kappa shape index (κ1) is 6.97. The third kappa shape index (κ3) is 1.18. The van der Waals surface area contributed by atoms with Gasteiger partial charge in [0.25, 0.3) is 0 Å². The molecule has 2 rings (SSSR count). The van der Waals surface area contributed by atoms with Crippen molar-refractivity contribution >= 4 is 0 Å². The van der Waals surface area contributed by atoms with Crippen molar-refractivity contribution in [2.45, 2.75) is 6.92 Å². The zero-order valence-corrected chi connectivity index (χ0v) is 6.56. The Bertz CT molecular complexity index is 370. The molecule has 4 nitrogen and oxygen atoms in total. The summed E-state index contributed by atoms with van der Waals surface area (Å²) in [6.07, 6.45) is 6.41. The first-order valence-corrected chi connectivity index (χ1v) is 3.55. The van der Waals surface area contributed by atoms with Gasteiger partial charge in [-0.2, -0.15) is 0 Å². The van der Waals surface area contributed by atoms with Crippen LogP contribution in [0.4, 0.5) is 0 Å². The lowest BCUT2D eigenvalue weighted by atomic mass is 10.4. The molecule has 0 bridgehead atoms. The Morgan fingerprint density at radius 3 is 2.92 bits per heavy atom. The second kappa shape index (κ2) is 2.73. The molecule has 2 heterocycles. The Morgan fingerprint density at radius 1 is 1.33 bits per heavy atom. The van der Waals surface area contributed by atoms with Gasteiger partial charge in [0.2, 0.25) is 5.89 Å². The van der Waals surface area contributed by atoms with Crippen LogP contribution >= 0.6 is 0 Å². The number of aryl methyl sites for hydroxylation is 1. The smallest absolute Gasteiger partial charge is 0.246 e. The van der Waals surface area contributed by atoms with Crippen LogP contribution in [0, 0.1) is 6.92 Å². The second-order valence-corrected chi connectivity index (χ2v) is 2.38. The molecule has 0 unspecified atom stereocenters. The zero-order chi connectivity index (χ0) is 8.39. The normalized spacial score (nSPS) is 10.1. The summed E-state index contributed by atoms with van der Waals surface area (Å²) in [5.41, 5.74) is 1.52. The highest BCUT2D eigenvalue weighted by atomic mass is 16.3. The molecular weight excluding hydrogens is 154 g/mol. The van der Waals surface area contributed by atoms with E-state index in [0.29, 0.717) is 11.6 Å². The lowest BCUT2D eigenvalue weighted by molar-refractivity contribution is 0.571. The fourth-order valence-corrected chi connectivity index (χ4v) is 0.916. The summed E-state index contributed by atoms with van der Waals surface area (Å²) in [5, 5.41) is 0. The molecule has 2 aromatic heterocycles. The maximum absolute atomic E-state index is 5.06. The van der Waals surface area contributed by atoms with Gasteiger partial charge in [0.15, 0.2) is 0 Å². The quantitative estimate of drug-likeness (QED) is 0.635. The SMILES string of the molecule is Cc1cncc(-c2ncco2)n1. The molecule has 0 aliphatic heterocycles. The van der Waals surface area contributed by atoms with Crippen molar-refractivity contribution in [2.75, 3.05) is 0 Å². The molecule has 0 N–H and O–H groups in total. The summed E-state index contributed by atoms with van der Waals surface area (Å²) in [5.74, 6) is 0.506. The van der Waals surface area contributed by atoms with Crippen LogP contribution < -0.4 is 0 Å². The molecule has 0 atom stereocenters. The minimum Gasteiger partial charge on any atom is -0.443 e. The Morgan fingerprint density at radius 2 is 2.25 bits per heavy atom. The third-order valence-corrected chi connectivity index (χ3v) is 1.41. The van der Waals surface area contributed by atoms with E-state index < -0.39 is 0 Å². The lowest BCUT2D eigenvalue weighted by Gasteiger charge is -1.93. The predicted octanol–water partition coefficient (Wildman–Crippen LogP) is 1.44. The molecule has 0 radical (unpaired) electrons. The van der Waals surface area contributed by atoms with Crippen molar-refractivity contribution in [3.8, 4) is 11.6 Å². The largest absolute Gasteiger partial charge is 0.443 e. The van der Waals surface area contributed by atoms with Gasteiger partial charge in [0.1, 0.15) is 12.0 Å². The number of hydrogen-bond acceptors (Lipinski definition) is 4. The Hall–Kier alpha value is -1.71. The van der Waals surface area contributed by atoms with Crippen LogP contribution in [0.1, 0.15) is 5.69 Å². The van der Waals surface area contributed by atoms with E-state index in [1.54, 1.807) is 18.6 Å². The fraction of sp³-hybridized carbons (Fsp3) is 0.125. The van der Waals surface area contributed by atoms with E-state index in [4.69, 9.17) is 4.42 Å². The van der Waals surface area contributed by atoms with Gasteiger partial charge in [-0.25, -0.2) is 9.97 Å². The van der Waals surface area contributed by atoms with Crippen molar-refractivity contribution in [3.63, 3.8) is 0 Å². The van der Waals surface area contributed by atoms with Gasteiger partial charge >= 0.3 is 0 Å². The van der Waals surface area contributed by atoms with Gasteiger partial charge in [-0.15, -0.1) is 0 Å². The molecule has 60 valence electrons. The third-order valence-electron chi connectivity index (χ3n) is 1.41. The zero-order valence-electron chi connectivity index (χ0n) is 6.56. The highest BCUT2D eigenvalue weighted by Gasteiger charge is 2.02. The van der Waals surface area contributed by atoms with Crippen LogP contribution in [0.2, 0.25) is 0 Å². The number of nitrogens with zero attached hydrogens (tertiary/aromatic N) is 3. The molecule has 0 saturated carbocycles. The lowest BCUT2D eigenvalue weighted by Crippen LogP contribution is -1.88. The van der Waals surface area contributed by atoms with Gasteiger partial charge in [-0.05, 0) is 6.92 Å². The Labute approximate surface area is 69.3 Å². The average molecular weight is 161 g/mol. The van der Waals surface area contributed by atoms with E-state index in [1.807, 2.05) is 6.92 Å². The summed E-state index contributed by atoms with van der Waals surface area (Å²) in [6, 6.07) is 0. The second-order valence-electron chi connectivity index (χ2n) is 2.38. The maximum Gasteiger partial charge on any atom is 0.246 e. The molecule has 0 aliphatic rings. The topological polar surface area (TPSA) is 51.8 Å². The van der Waals surface area contributed by atoms with E-state index in [2.05, 4.69) is 15.0 Å². The molecule has 4 heteroatoms. The summed E-state index contributed by atoms with van der Waals surface area (Å²) >= 11 is 0. The van der Waals surface area contributed by atoms with Crippen LogP contribution in [0.25, 0.3) is 11.6 Å². The van der Waals surface area contributed by atoms with Crippen LogP contribution in [-0.4, -0.2) is 15.0 Å². The Balaban J connectivity index is 2.48. The van der Waals surface area contributed by atoms with E-state index in [1.165, 1.54) is 6.26 Å². The van der Waals surface area contributed by atoms with Crippen LogP contribution in [-0.2, 0) is 0 Å². The van der Waals surface area contributed by atoms with E-state index in [0.717, 1.165) is 5.69 Å².